The normalized spacial score (nSPS) is 11.9. The Balaban J connectivity index is 1.48. The Kier molecular flexibility index (Phi) is 6.17. The number of rotatable bonds is 7. The number of nitrogens with one attached hydrogen (secondary N) is 1. The van der Waals surface area contributed by atoms with Crippen LogP contribution in [0.15, 0.2) is 63.9 Å². The number of carbonyl (C=O) groups excluding carboxylic acids is 1. The van der Waals surface area contributed by atoms with Gasteiger partial charge in [-0.2, -0.15) is 0 Å². The summed E-state index contributed by atoms with van der Waals surface area (Å²) in [7, 11) is 0. The van der Waals surface area contributed by atoms with E-state index in [1.54, 1.807) is 26.0 Å². The van der Waals surface area contributed by atoms with E-state index in [2.05, 4.69) is 10.3 Å². The molecule has 33 heavy (non-hydrogen) atoms. The molecular weight excluding hydrogens is 422 g/mol. The predicted octanol–water partition coefficient (Wildman–Crippen LogP) is 4.20. The molecule has 0 saturated heterocycles. The van der Waals surface area contributed by atoms with Crippen molar-refractivity contribution in [2.24, 2.45) is 0 Å². The molecule has 8 nitrogen and oxygen atoms in total. The number of carbonyl (C=O) groups is 1. The molecule has 2 aromatic heterocycles. The molecule has 0 aliphatic heterocycles. The van der Waals surface area contributed by atoms with Crippen LogP contribution in [-0.4, -0.2) is 21.6 Å². The fraction of sp³-hybridized carbons (Fsp3) is 0.240. The lowest BCUT2D eigenvalue weighted by Gasteiger charge is -2.17. The first-order chi connectivity index (χ1) is 15.8. The molecule has 4 rings (SSSR count). The third-order valence-corrected chi connectivity index (χ3v) is 4.97. The van der Waals surface area contributed by atoms with Crippen LogP contribution < -0.4 is 20.3 Å². The molecule has 0 aliphatic carbocycles. The molecule has 0 spiro atoms. The van der Waals surface area contributed by atoms with Gasteiger partial charge >= 0.3 is 0 Å². The third kappa shape index (κ3) is 5.23. The first-order valence-corrected chi connectivity index (χ1v) is 10.6. The second-order valence-electron chi connectivity index (χ2n) is 7.94. The van der Waals surface area contributed by atoms with Crippen LogP contribution in [-0.2, 0) is 11.4 Å². The number of hydrogen-bond acceptors (Lipinski definition) is 6. The topological polar surface area (TPSA) is 95.1 Å². The summed E-state index contributed by atoms with van der Waals surface area (Å²) < 4.78 is 18.1. The van der Waals surface area contributed by atoms with Crippen LogP contribution in [0, 0.1) is 20.8 Å². The number of aryl methyl sites for hydroxylation is 3. The maximum Gasteiger partial charge on any atom is 0.287 e. The van der Waals surface area contributed by atoms with Crippen LogP contribution in [0.25, 0.3) is 5.65 Å². The average molecular weight is 447 g/mol. The van der Waals surface area contributed by atoms with Gasteiger partial charge < -0.3 is 19.3 Å². The average Bonchev–Trinajstić information content (AvgIpc) is 3.14. The van der Waals surface area contributed by atoms with Gasteiger partial charge in [0.15, 0.2) is 11.8 Å². The van der Waals surface area contributed by atoms with Crippen molar-refractivity contribution in [2.45, 2.75) is 40.4 Å². The first-order valence-electron chi connectivity index (χ1n) is 10.6. The summed E-state index contributed by atoms with van der Waals surface area (Å²) in [6.07, 6.45) is -0.714. The molecule has 1 amide bonds. The van der Waals surface area contributed by atoms with Crippen molar-refractivity contribution in [3.8, 4) is 11.5 Å². The predicted molar refractivity (Wildman–Crippen MR) is 124 cm³/mol. The smallest absolute Gasteiger partial charge is 0.287 e. The zero-order chi connectivity index (χ0) is 23.5. The quantitative estimate of drug-likeness (QED) is 0.456. The van der Waals surface area contributed by atoms with Crippen molar-refractivity contribution in [1.29, 1.82) is 0 Å². The van der Waals surface area contributed by atoms with Gasteiger partial charge in [0.1, 0.15) is 23.9 Å². The summed E-state index contributed by atoms with van der Waals surface area (Å²) >= 11 is 0. The van der Waals surface area contributed by atoms with Gasteiger partial charge in [0.05, 0.1) is 11.4 Å². The fourth-order valence-corrected chi connectivity index (χ4v) is 3.33. The van der Waals surface area contributed by atoms with Gasteiger partial charge in [-0.05, 0) is 63.1 Å². The van der Waals surface area contributed by atoms with Crippen molar-refractivity contribution in [3.05, 3.63) is 87.5 Å². The van der Waals surface area contributed by atoms with E-state index in [0.29, 0.717) is 34.3 Å². The monoisotopic (exact) mass is 447 g/mol. The fourth-order valence-electron chi connectivity index (χ4n) is 3.33. The highest BCUT2D eigenvalue weighted by molar-refractivity contribution is 5.95. The summed E-state index contributed by atoms with van der Waals surface area (Å²) in [5, 5.41) is 2.86. The minimum atomic E-state index is -0.714. The standard InChI is InChI=1S/C25H25N3O5/c1-15-6-5-7-20(10-15)32-18(4)25(30)27-21-9-8-16(2)11-22(21)31-14-19-13-24(29)28-23(26-19)12-17(3)33-28/h5-13,18H,14H2,1-4H3,(H,27,30). The number of nitrogens with zero attached hydrogens (tertiary/aromatic N) is 2. The SMILES string of the molecule is Cc1cccc(OC(C)C(=O)Nc2ccc(C)cc2OCc2cc(=O)n3oc(C)cc3n2)c1. The van der Waals surface area contributed by atoms with E-state index in [-0.39, 0.29) is 18.1 Å². The maximum atomic E-state index is 12.7. The van der Waals surface area contributed by atoms with Crippen LogP contribution in [0.3, 0.4) is 0 Å². The van der Waals surface area contributed by atoms with E-state index < -0.39 is 6.10 Å². The molecule has 4 aromatic rings. The van der Waals surface area contributed by atoms with Crippen LogP contribution in [0.5, 0.6) is 11.5 Å². The summed E-state index contributed by atoms with van der Waals surface area (Å²) in [6.45, 7) is 7.37. The van der Waals surface area contributed by atoms with Gasteiger partial charge in [0.2, 0.25) is 0 Å². The van der Waals surface area contributed by atoms with Crippen molar-refractivity contribution in [3.63, 3.8) is 0 Å². The molecule has 0 aliphatic rings. The highest BCUT2D eigenvalue weighted by Crippen LogP contribution is 2.27. The minimum Gasteiger partial charge on any atom is -0.485 e. The van der Waals surface area contributed by atoms with Crippen molar-refractivity contribution >= 4 is 17.2 Å². The van der Waals surface area contributed by atoms with Gasteiger partial charge in [0, 0.05) is 12.1 Å². The Hall–Kier alpha value is -4.07. The molecule has 2 heterocycles. The molecule has 1 unspecified atom stereocenters. The van der Waals surface area contributed by atoms with Crippen molar-refractivity contribution in [2.75, 3.05) is 5.32 Å². The molecule has 0 radical (unpaired) electrons. The largest absolute Gasteiger partial charge is 0.485 e. The van der Waals surface area contributed by atoms with Crippen molar-refractivity contribution in [1.82, 2.24) is 9.56 Å². The zero-order valence-electron chi connectivity index (χ0n) is 18.9. The zero-order valence-corrected chi connectivity index (χ0v) is 18.9. The maximum absolute atomic E-state index is 12.7. The van der Waals surface area contributed by atoms with Gasteiger partial charge in [-0.25, -0.2) is 4.98 Å². The number of anilines is 1. The van der Waals surface area contributed by atoms with E-state index in [0.717, 1.165) is 15.7 Å². The Morgan fingerprint density at radius 3 is 2.67 bits per heavy atom. The second-order valence-corrected chi connectivity index (χ2v) is 7.94. The van der Waals surface area contributed by atoms with Crippen molar-refractivity contribution < 1.29 is 18.8 Å². The number of amides is 1. The van der Waals surface area contributed by atoms with E-state index in [1.165, 1.54) is 6.07 Å². The van der Waals surface area contributed by atoms with Gasteiger partial charge in [-0.3, -0.25) is 9.59 Å². The van der Waals surface area contributed by atoms with Gasteiger partial charge in [0.25, 0.3) is 11.5 Å². The summed E-state index contributed by atoms with van der Waals surface area (Å²) in [5.74, 6) is 1.37. The lowest BCUT2D eigenvalue weighted by atomic mass is 10.2. The second kappa shape index (κ2) is 9.20. The molecule has 0 saturated carbocycles. The van der Waals surface area contributed by atoms with Crippen LogP contribution in [0.2, 0.25) is 0 Å². The molecule has 1 atom stereocenters. The molecule has 170 valence electrons. The molecular formula is C25H25N3O5. The number of benzene rings is 2. The Morgan fingerprint density at radius 2 is 1.88 bits per heavy atom. The molecule has 8 heteroatoms. The highest BCUT2D eigenvalue weighted by Gasteiger charge is 2.17. The van der Waals surface area contributed by atoms with Gasteiger partial charge in [-0.1, -0.05) is 18.2 Å². The third-order valence-electron chi connectivity index (χ3n) is 4.97. The van der Waals surface area contributed by atoms with E-state index in [1.807, 2.05) is 50.2 Å². The van der Waals surface area contributed by atoms with Gasteiger partial charge in [-0.15, -0.1) is 4.57 Å². The molecule has 0 bridgehead atoms. The molecule has 0 fully saturated rings. The van der Waals surface area contributed by atoms with E-state index in [9.17, 15) is 9.59 Å². The van der Waals surface area contributed by atoms with E-state index in [4.69, 9.17) is 14.0 Å². The molecule has 1 N–H and O–H groups in total. The lowest BCUT2D eigenvalue weighted by molar-refractivity contribution is -0.122. The number of hydrogen-bond donors (Lipinski definition) is 1. The molecule has 2 aromatic carbocycles. The Bertz CT molecular complexity index is 1370. The number of fused-ring (bicyclic) bond motifs is 1. The first kappa shape index (κ1) is 22.1. The van der Waals surface area contributed by atoms with Crippen LogP contribution >= 0.6 is 0 Å². The van der Waals surface area contributed by atoms with Crippen LogP contribution in [0.1, 0.15) is 29.5 Å². The number of ether oxygens (including phenoxy) is 2. The minimum absolute atomic E-state index is 0.0532. The van der Waals surface area contributed by atoms with Crippen LogP contribution in [0.4, 0.5) is 5.69 Å². The lowest BCUT2D eigenvalue weighted by Crippen LogP contribution is -2.30. The summed E-state index contributed by atoms with van der Waals surface area (Å²) in [5.41, 5.74) is 3.05. The Labute approximate surface area is 190 Å². The van der Waals surface area contributed by atoms with E-state index >= 15 is 0 Å². The summed E-state index contributed by atoms with van der Waals surface area (Å²) in [4.78, 5) is 29.4. The number of aromatic nitrogens is 2. The Morgan fingerprint density at radius 1 is 1.09 bits per heavy atom. The summed E-state index contributed by atoms with van der Waals surface area (Å²) in [6, 6.07) is 16.0. The highest BCUT2D eigenvalue weighted by atomic mass is 16.5.